The van der Waals surface area contributed by atoms with Crippen LogP contribution in [0.1, 0.15) is 109 Å². The first-order valence-corrected chi connectivity index (χ1v) is 12.7. The Balaban J connectivity index is -0.000000187. The van der Waals surface area contributed by atoms with Gasteiger partial charge in [-0.15, -0.1) is 26.2 Å². The molecule has 2 atom stereocenters. The van der Waals surface area contributed by atoms with Crippen LogP contribution in [-0.2, 0) is 42.1 Å². The third-order valence-corrected chi connectivity index (χ3v) is 7.56. The number of hydrogen-bond donors (Lipinski definition) is 0. The fourth-order valence-corrected chi connectivity index (χ4v) is 4.75. The van der Waals surface area contributed by atoms with Gasteiger partial charge in [-0.25, -0.2) is 0 Å². The normalized spacial score (nSPS) is 23.8. The van der Waals surface area contributed by atoms with Gasteiger partial charge in [-0.1, -0.05) is 109 Å². The minimum Gasteiger partial charge on any atom is -0.662 e. The second kappa shape index (κ2) is 19.3. The zero-order valence-electron chi connectivity index (χ0n) is 23.2. The summed E-state index contributed by atoms with van der Waals surface area (Å²) in [6, 6.07) is 0. The van der Waals surface area contributed by atoms with Crippen molar-refractivity contribution < 1.29 is 42.1 Å². The van der Waals surface area contributed by atoms with Crippen LogP contribution >= 0.6 is 0 Å². The summed E-state index contributed by atoms with van der Waals surface area (Å²) in [5.41, 5.74) is 1.50. The van der Waals surface area contributed by atoms with Gasteiger partial charge in [0, 0.05) is 48.7 Å². The van der Waals surface area contributed by atoms with Crippen molar-refractivity contribution in [2.75, 3.05) is 46.3 Å². The maximum absolute atomic E-state index is 4.42. The molecule has 0 bridgehead atoms. The first kappa shape index (κ1) is 42.3. The summed E-state index contributed by atoms with van der Waals surface area (Å²) in [5, 5.41) is 8.77. The van der Waals surface area contributed by atoms with Gasteiger partial charge in [-0.3, -0.25) is 0 Å². The van der Waals surface area contributed by atoms with Gasteiger partial charge >= 0.3 is 0 Å². The van der Waals surface area contributed by atoms with Crippen molar-refractivity contribution in [3.05, 3.63) is 10.6 Å². The zero-order chi connectivity index (χ0) is 23.0. The smallest absolute Gasteiger partial charge is 0.00121 e. The van der Waals surface area contributed by atoms with E-state index in [1.165, 1.54) is 45.2 Å². The summed E-state index contributed by atoms with van der Waals surface area (Å²) in [4.78, 5) is 2.43. The van der Waals surface area contributed by atoms with E-state index in [1.807, 2.05) is 0 Å². The predicted molar refractivity (Wildman–Crippen MR) is 149 cm³/mol. The van der Waals surface area contributed by atoms with Crippen LogP contribution in [0.3, 0.4) is 0 Å². The van der Waals surface area contributed by atoms with Crippen LogP contribution in [0.5, 0.6) is 0 Å². The van der Waals surface area contributed by atoms with Gasteiger partial charge in [-0.05, 0) is 48.1 Å². The van der Waals surface area contributed by atoms with Crippen molar-refractivity contribution in [2.45, 2.75) is 109 Å². The van der Waals surface area contributed by atoms with Crippen molar-refractivity contribution in [1.82, 2.24) is 4.90 Å². The summed E-state index contributed by atoms with van der Waals surface area (Å²) in [7, 11) is 2.21. The van der Waals surface area contributed by atoms with Gasteiger partial charge < -0.3 is 15.5 Å². The molecule has 0 aromatic carbocycles. The van der Waals surface area contributed by atoms with E-state index in [2.05, 4.69) is 84.9 Å². The molecule has 3 heterocycles. The summed E-state index contributed by atoms with van der Waals surface area (Å²) >= 11 is 0. The summed E-state index contributed by atoms with van der Waals surface area (Å²) < 4.78 is 0. The van der Waals surface area contributed by atoms with E-state index in [0.717, 1.165) is 43.9 Å². The van der Waals surface area contributed by atoms with Gasteiger partial charge in [-0.2, -0.15) is 0 Å². The fraction of sp³-hybridized carbons (Fsp3) is 1.00. The Morgan fingerprint density at radius 3 is 1.29 bits per heavy atom. The van der Waals surface area contributed by atoms with E-state index in [1.54, 1.807) is 0 Å². The topological polar surface area (TPSA) is 31.4 Å². The quantitative estimate of drug-likeness (QED) is 0.241. The van der Waals surface area contributed by atoms with Gasteiger partial charge in [0.15, 0.2) is 0 Å². The Morgan fingerprint density at radius 1 is 0.588 bits per heavy atom. The molecule has 34 heavy (non-hydrogen) atoms. The molecule has 3 rings (SSSR count). The van der Waals surface area contributed by atoms with Crippen LogP contribution < -0.4 is 0 Å². The first-order chi connectivity index (χ1) is 13.7. The maximum atomic E-state index is 4.42. The Bertz CT molecular complexity index is 403. The average molecular weight is 822 g/mol. The van der Waals surface area contributed by atoms with Crippen LogP contribution in [0, 0.1) is 34.0 Å². The van der Waals surface area contributed by atoms with Crippen LogP contribution in [0.2, 0.25) is 0 Å². The molecule has 208 valence electrons. The predicted octanol–water partition coefficient (Wildman–Crippen LogP) is 8.88. The second-order valence-corrected chi connectivity index (χ2v) is 13.3. The second-order valence-electron chi connectivity index (χ2n) is 13.3. The van der Waals surface area contributed by atoms with Crippen molar-refractivity contribution >= 4 is 0 Å². The standard InChI is InChI=1S/C9H19N.2C9H18N.2CH4.2W/c1-9(2,3)8-5-6-10(4)7-8;1-9(2,3)8-4-6-10-7-5-8;1-9(2,3)8-5-4-6-10-7-8;;;;/h8H,5-7H2,1-4H3;2*8H,4-7H2,1-3H3;2*1H4;;/q;2*-1;;;;. The van der Waals surface area contributed by atoms with Crippen molar-refractivity contribution in [3.8, 4) is 0 Å². The molecule has 0 N–H and O–H groups in total. The molecule has 3 nitrogen and oxygen atoms in total. The molecular formula is C29H63N3W2-2. The Hall–Kier alpha value is 1.26. The molecular weight excluding hydrogens is 758 g/mol. The largest absolute Gasteiger partial charge is 0.662 e. The molecule has 3 fully saturated rings. The third-order valence-electron chi connectivity index (χ3n) is 7.56. The van der Waals surface area contributed by atoms with Gasteiger partial charge in [0.25, 0.3) is 0 Å². The molecule has 0 saturated carbocycles. The van der Waals surface area contributed by atoms with E-state index < -0.39 is 0 Å². The van der Waals surface area contributed by atoms with Crippen LogP contribution in [-0.4, -0.2) is 51.2 Å². The van der Waals surface area contributed by atoms with E-state index in [0.29, 0.717) is 16.2 Å². The number of hydrogen-bond acceptors (Lipinski definition) is 1. The van der Waals surface area contributed by atoms with Crippen LogP contribution in [0.15, 0.2) is 0 Å². The molecule has 2 unspecified atom stereocenters. The van der Waals surface area contributed by atoms with Crippen LogP contribution in [0.4, 0.5) is 0 Å². The Morgan fingerprint density at radius 2 is 1.06 bits per heavy atom. The summed E-state index contributed by atoms with van der Waals surface area (Å²) in [5.74, 6) is 2.66. The van der Waals surface area contributed by atoms with Crippen LogP contribution in [0.25, 0.3) is 10.6 Å². The molecule has 0 radical (unpaired) electrons. The van der Waals surface area contributed by atoms with Crippen molar-refractivity contribution in [2.24, 2.45) is 34.0 Å². The molecule has 0 amide bonds. The Labute approximate surface area is 246 Å². The summed E-state index contributed by atoms with van der Waals surface area (Å²) in [6.07, 6.45) is 6.70. The number of likely N-dealkylation sites (tertiary alicyclic amines) is 1. The molecule has 0 spiro atoms. The van der Waals surface area contributed by atoms with E-state index in [4.69, 9.17) is 0 Å². The first-order valence-electron chi connectivity index (χ1n) is 12.7. The minimum absolute atomic E-state index is 0. The molecule has 0 aromatic heterocycles. The number of piperidine rings is 2. The van der Waals surface area contributed by atoms with E-state index in [-0.39, 0.29) is 57.0 Å². The monoisotopic (exact) mass is 821 g/mol. The third kappa shape index (κ3) is 17.7. The Kier molecular flexibility index (Phi) is 24.1. The van der Waals surface area contributed by atoms with E-state index in [9.17, 15) is 0 Å². The van der Waals surface area contributed by atoms with Crippen molar-refractivity contribution in [3.63, 3.8) is 0 Å². The van der Waals surface area contributed by atoms with E-state index >= 15 is 0 Å². The maximum Gasteiger partial charge on any atom is 0.00121 e. The molecule has 5 heteroatoms. The zero-order valence-corrected chi connectivity index (χ0v) is 29.0. The number of nitrogens with zero attached hydrogens (tertiary/aromatic N) is 3. The van der Waals surface area contributed by atoms with Gasteiger partial charge in [0.1, 0.15) is 0 Å². The van der Waals surface area contributed by atoms with Crippen molar-refractivity contribution in [1.29, 1.82) is 0 Å². The number of rotatable bonds is 0. The van der Waals surface area contributed by atoms with Gasteiger partial charge in [0.05, 0.1) is 0 Å². The molecule has 3 aliphatic heterocycles. The molecule has 0 aromatic rings. The molecule has 3 saturated heterocycles. The molecule has 3 aliphatic rings. The summed E-state index contributed by atoms with van der Waals surface area (Å²) in [6.45, 7) is 28.0. The average Bonchev–Trinajstić information content (AvgIpc) is 3.10. The fourth-order valence-electron chi connectivity index (χ4n) is 4.75. The van der Waals surface area contributed by atoms with Gasteiger partial charge in [0.2, 0.25) is 0 Å². The minimum atomic E-state index is 0. The SMILES string of the molecule is C.C.CC(C)(C)C1CCC[N-]C1.CC(C)(C)C1CC[N-]CC1.CN1CCC(C(C)(C)C)C1.[W].[W]. The molecule has 0 aliphatic carbocycles.